The minimum absolute atomic E-state index is 0.326. The van der Waals surface area contributed by atoms with E-state index in [4.69, 9.17) is 14.7 Å². The predicted molar refractivity (Wildman–Crippen MR) is 225 cm³/mol. The molecule has 0 radical (unpaired) electrons. The molecular weight excluding hydrogens is 675 g/mol. The van der Waals surface area contributed by atoms with Gasteiger partial charge in [-0.05, 0) is 76.0 Å². The Morgan fingerprint density at radius 1 is 0.509 bits per heavy atom. The van der Waals surface area contributed by atoms with Crippen molar-refractivity contribution in [2.24, 2.45) is 9.98 Å². The summed E-state index contributed by atoms with van der Waals surface area (Å²) in [6.45, 7) is 0. The third kappa shape index (κ3) is 5.18. The zero-order valence-corrected chi connectivity index (χ0v) is 29.7. The highest BCUT2D eigenvalue weighted by atomic mass is 16.5. The van der Waals surface area contributed by atoms with Crippen LogP contribution >= 0.6 is 0 Å². The Morgan fingerprint density at radius 2 is 1.20 bits per heavy atom. The number of para-hydroxylation sites is 3. The van der Waals surface area contributed by atoms with E-state index in [0.29, 0.717) is 5.84 Å². The van der Waals surface area contributed by atoms with Gasteiger partial charge in [0.15, 0.2) is 17.3 Å². The van der Waals surface area contributed by atoms with E-state index in [-0.39, 0.29) is 6.17 Å². The number of aromatic nitrogens is 1. The summed E-state index contributed by atoms with van der Waals surface area (Å²) >= 11 is 0. The largest absolute Gasteiger partial charge is 0.453 e. The van der Waals surface area contributed by atoms with Gasteiger partial charge >= 0.3 is 0 Å². The predicted octanol–water partition coefficient (Wildman–Crippen LogP) is 12.1. The highest BCUT2D eigenvalue weighted by molar-refractivity contribution is 6.25. The lowest BCUT2D eigenvalue weighted by Gasteiger charge is -2.33. The summed E-state index contributed by atoms with van der Waals surface area (Å²) < 4.78 is 8.89. The first kappa shape index (κ1) is 31.1. The number of nitrogens with one attached hydrogen (secondary N) is 1. The topological polar surface area (TPSA) is 54.1 Å². The number of nitrogens with zero attached hydrogens (tertiary/aromatic N) is 4. The molecule has 1 unspecified atom stereocenters. The van der Waals surface area contributed by atoms with Gasteiger partial charge in [-0.1, -0.05) is 140 Å². The number of hydrogen-bond donors (Lipinski definition) is 1. The highest BCUT2D eigenvalue weighted by Crippen LogP contribution is 2.51. The Balaban J connectivity index is 1.11. The molecule has 3 heterocycles. The van der Waals surface area contributed by atoms with Gasteiger partial charge in [-0.2, -0.15) is 4.99 Å². The fourth-order valence-corrected chi connectivity index (χ4v) is 8.06. The quantitative estimate of drug-likeness (QED) is 0.198. The van der Waals surface area contributed by atoms with Crippen LogP contribution in [0.1, 0.15) is 17.3 Å². The van der Waals surface area contributed by atoms with E-state index >= 15 is 0 Å². The fourth-order valence-electron chi connectivity index (χ4n) is 8.06. The Hall–Kier alpha value is -7.44. The number of aliphatic imine (C=N–C) groups is 2. The second-order valence-electron chi connectivity index (χ2n) is 13.9. The molecule has 1 N–H and O–H groups in total. The van der Waals surface area contributed by atoms with Crippen molar-refractivity contribution in [3.8, 4) is 22.6 Å². The molecule has 0 bridgehead atoms. The second-order valence-corrected chi connectivity index (χ2v) is 13.9. The number of anilines is 3. The molecule has 0 aliphatic carbocycles. The minimum atomic E-state index is -0.326. The third-order valence-electron chi connectivity index (χ3n) is 10.6. The van der Waals surface area contributed by atoms with E-state index in [0.717, 1.165) is 73.2 Å². The van der Waals surface area contributed by atoms with Crippen LogP contribution in [-0.4, -0.2) is 16.4 Å². The number of fused-ring (bicyclic) bond motifs is 7. The molecule has 0 saturated carbocycles. The van der Waals surface area contributed by atoms with Crippen molar-refractivity contribution in [3.05, 3.63) is 199 Å². The van der Waals surface area contributed by atoms with Gasteiger partial charge in [0.1, 0.15) is 6.17 Å². The molecule has 260 valence electrons. The zero-order valence-electron chi connectivity index (χ0n) is 29.7. The number of benzene rings is 8. The van der Waals surface area contributed by atoms with E-state index in [1.807, 2.05) is 42.5 Å². The molecule has 11 rings (SSSR count). The van der Waals surface area contributed by atoms with Crippen molar-refractivity contribution in [2.45, 2.75) is 6.17 Å². The van der Waals surface area contributed by atoms with Crippen molar-refractivity contribution < 1.29 is 4.74 Å². The van der Waals surface area contributed by atoms with Crippen molar-refractivity contribution in [2.75, 3.05) is 4.90 Å². The molecule has 2 aliphatic rings. The average Bonchev–Trinajstić information content (AvgIpc) is 3.60. The summed E-state index contributed by atoms with van der Waals surface area (Å²) in [4.78, 5) is 12.7. The van der Waals surface area contributed by atoms with Crippen LogP contribution in [0.4, 0.5) is 17.1 Å². The van der Waals surface area contributed by atoms with E-state index in [1.54, 1.807) is 0 Å². The first-order chi connectivity index (χ1) is 27.3. The Kier molecular flexibility index (Phi) is 7.13. The number of amidine groups is 1. The maximum atomic E-state index is 6.61. The van der Waals surface area contributed by atoms with Crippen LogP contribution in [0.2, 0.25) is 0 Å². The van der Waals surface area contributed by atoms with Gasteiger partial charge in [-0.25, -0.2) is 4.99 Å². The summed E-state index contributed by atoms with van der Waals surface area (Å²) in [6.07, 6.45) is -0.326. The molecule has 0 spiro atoms. The number of hydrogen-bond acceptors (Lipinski definition) is 5. The van der Waals surface area contributed by atoms with Crippen molar-refractivity contribution in [1.82, 2.24) is 9.88 Å². The Bertz CT molecular complexity index is 2990. The number of ether oxygens (including phenoxy) is 1. The summed E-state index contributed by atoms with van der Waals surface area (Å²) in [5.41, 5.74) is 9.37. The van der Waals surface area contributed by atoms with Crippen LogP contribution < -0.4 is 15.0 Å². The third-order valence-corrected chi connectivity index (χ3v) is 10.6. The standard InChI is InChI=1S/C49H33N5O/c1-4-15-33(16-5-1)47-50-48(34-17-6-2-7-18-34)52-49(51-47)54-42-29-25-32-14-10-11-21-38(32)46(42)39-27-24-35(30-43(39)54)36-26-28-41-45(31-36)55-44-23-13-12-22-40(44)53(41)37-19-8-3-9-20-37/h1-31,47H,(H,50,51,52). The molecule has 0 amide bonds. The molecule has 8 aromatic carbocycles. The normalized spacial score (nSPS) is 14.8. The zero-order chi connectivity index (χ0) is 36.3. The smallest absolute Gasteiger partial charge is 0.211 e. The van der Waals surface area contributed by atoms with Crippen molar-refractivity contribution in [1.29, 1.82) is 0 Å². The van der Waals surface area contributed by atoms with Gasteiger partial charge in [-0.15, -0.1) is 0 Å². The molecule has 9 aromatic rings. The molecule has 6 heteroatoms. The van der Waals surface area contributed by atoms with E-state index in [2.05, 4.69) is 160 Å². The SMILES string of the molecule is c1ccc(C2=NC(c3ccccc3)NC(n3c4cc(-c5ccc6c(c5)Oc5ccccc5N6c5ccccc5)ccc4c4c5ccccc5ccc43)=N2)cc1. The van der Waals surface area contributed by atoms with Gasteiger partial charge < -0.3 is 15.0 Å². The first-order valence-electron chi connectivity index (χ1n) is 18.5. The molecule has 0 saturated heterocycles. The molecule has 2 aliphatic heterocycles. The molecule has 0 fully saturated rings. The molecule has 55 heavy (non-hydrogen) atoms. The van der Waals surface area contributed by atoms with Gasteiger partial charge in [0.2, 0.25) is 5.96 Å². The van der Waals surface area contributed by atoms with E-state index in [9.17, 15) is 0 Å². The van der Waals surface area contributed by atoms with E-state index < -0.39 is 0 Å². The van der Waals surface area contributed by atoms with Gasteiger partial charge in [-0.3, -0.25) is 4.57 Å². The Morgan fingerprint density at radius 3 is 2.05 bits per heavy atom. The van der Waals surface area contributed by atoms with Crippen LogP contribution in [0, 0.1) is 0 Å². The Labute approximate surface area is 317 Å². The lowest BCUT2D eigenvalue weighted by molar-refractivity contribution is 0.477. The summed E-state index contributed by atoms with van der Waals surface area (Å²) in [5, 5.41) is 8.47. The minimum Gasteiger partial charge on any atom is -0.453 e. The lowest BCUT2D eigenvalue weighted by Crippen LogP contribution is -2.37. The van der Waals surface area contributed by atoms with Gasteiger partial charge in [0, 0.05) is 22.0 Å². The van der Waals surface area contributed by atoms with Crippen molar-refractivity contribution >= 4 is 61.4 Å². The van der Waals surface area contributed by atoms with Crippen LogP contribution in [0.25, 0.3) is 43.7 Å². The first-order valence-corrected chi connectivity index (χ1v) is 18.5. The highest BCUT2D eigenvalue weighted by Gasteiger charge is 2.27. The lowest BCUT2D eigenvalue weighted by atomic mass is 10.00. The maximum Gasteiger partial charge on any atom is 0.211 e. The average molecular weight is 708 g/mol. The fraction of sp³-hybridized carbons (Fsp3) is 0.0204. The molecular formula is C49H33N5O. The van der Waals surface area contributed by atoms with Crippen molar-refractivity contribution in [3.63, 3.8) is 0 Å². The van der Waals surface area contributed by atoms with Gasteiger partial charge in [0.05, 0.1) is 22.4 Å². The monoisotopic (exact) mass is 707 g/mol. The maximum absolute atomic E-state index is 6.61. The number of rotatable bonds is 4. The molecule has 1 atom stereocenters. The van der Waals surface area contributed by atoms with Crippen LogP contribution in [-0.2, 0) is 0 Å². The van der Waals surface area contributed by atoms with E-state index in [1.165, 1.54) is 16.2 Å². The van der Waals surface area contributed by atoms with Crippen LogP contribution in [0.5, 0.6) is 11.5 Å². The van der Waals surface area contributed by atoms with Crippen LogP contribution in [0.15, 0.2) is 198 Å². The van der Waals surface area contributed by atoms with Gasteiger partial charge in [0.25, 0.3) is 0 Å². The summed E-state index contributed by atoms with van der Waals surface area (Å²) in [5.74, 6) is 3.03. The summed E-state index contributed by atoms with van der Waals surface area (Å²) in [7, 11) is 0. The second kappa shape index (κ2) is 12.6. The van der Waals surface area contributed by atoms with Crippen LogP contribution in [0.3, 0.4) is 0 Å². The molecule has 6 nitrogen and oxygen atoms in total. The molecule has 1 aromatic heterocycles. The summed E-state index contributed by atoms with van der Waals surface area (Å²) in [6, 6.07) is 65.6.